The molecule has 0 saturated carbocycles. The predicted octanol–water partition coefficient (Wildman–Crippen LogP) is 2.52. The van der Waals surface area contributed by atoms with Gasteiger partial charge in [0.25, 0.3) is 0 Å². The Kier molecular flexibility index (Phi) is 4.83. The largest absolute Gasteiger partial charge is 0.444 e. The lowest BCUT2D eigenvalue weighted by Crippen LogP contribution is -2.34. The van der Waals surface area contributed by atoms with Crippen molar-refractivity contribution in [2.45, 2.75) is 32.5 Å². The van der Waals surface area contributed by atoms with E-state index < -0.39 is 29.4 Å². The molecule has 2 N–H and O–H groups in total. The summed E-state index contributed by atoms with van der Waals surface area (Å²) in [5.41, 5.74) is -0.742. The third-order valence-electron chi connectivity index (χ3n) is 2.16. The third kappa shape index (κ3) is 5.21. The smallest absolute Gasteiger partial charge is 0.407 e. The molecular weight excluding hydrogens is 256 g/mol. The first-order valence-corrected chi connectivity index (χ1v) is 5.79. The van der Waals surface area contributed by atoms with Crippen LogP contribution in [0, 0.1) is 11.6 Å². The van der Waals surface area contributed by atoms with Gasteiger partial charge in [0, 0.05) is 11.6 Å². The van der Waals surface area contributed by atoms with E-state index in [9.17, 15) is 18.7 Å². The van der Waals surface area contributed by atoms with Crippen LogP contribution in [-0.4, -0.2) is 23.3 Å². The fraction of sp³-hybridized carbons (Fsp3) is 0.462. The van der Waals surface area contributed by atoms with Crippen LogP contribution in [0.5, 0.6) is 0 Å². The molecule has 1 aromatic carbocycles. The fourth-order valence-electron chi connectivity index (χ4n) is 1.38. The van der Waals surface area contributed by atoms with E-state index in [0.717, 1.165) is 12.1 Å². The molecule has 0 unspecified atom stereocenters. The predicted molar refractivity (Wildman–Crippen MR) is 65.6 cm³/mol. The number of aliphatic hydroxyl groups excluding tert-OH is 1. The van der Waals surface area contributed by atoms with E-state index in [2.05, 4.69) is 5.32 Å². The minimum atomic E-state index is -1.27. The summed E-state index contributed by atoms with van der Waals surface area (Å²) in [4.78, 5) is 11.3. The molecule has 1 amide bonds. The number of halogens is 2. The fourth-order valence-corrected chi connectivity index (χ4v) is 1.38. The zero-order valence-electron chi connectivity index (χ0n) is 11.0. The number of hydrogen-bond donors (Lipinski definition) is 2. The van der Waals surface area contributed by atoms with Gasteiger partial charge < -0.3 is 15.2 Å². The van der Waals surface area contributed by atoms with Crippen LogP contribution < -0.4 is 5.32 Å². The number of carbonyl (C=O) groups is 1. The molecule has 0 aromatic heterocycles. The van der Waals surface area contributed by atoms with Crippen LogP contribution in [0.1, 0.15) is 32.4 Å². The van der Waals surface area contributed by atoms with Gasteiger partial charge in [-0.25, -0.2) is 13.6 Å². The highest BCUT2D eigenvalue weighted by Gasteiger charge is 2.18. The van der Waals surface area contributed by atoms with Crippen molar-refractivity contribution in [3.05, 3.63) is 35.4 Å². The van der Waals surface area contributed by atoms with E-state index >= 15 is 0 Å². The van der Waals surface area contributed by atoms with Crippen molar-refractivity contribution in [2.24, 2.45) is 0 Å². The van der Waals surface area contributed by atoms with Crippen molar-refractivity contribution in [3.63, 3.8) is 0 Å². The first-order valence-electron chi connectivity index (χ1n) is 5.79. The van der Waals surface area contributed by atoms with Gasteiger partial charge in [0.05, 0.1) is 12.6 Å². The second-order valence-corrected chi connectivity index (χ2v) is 5.06. The number of rotatable bonds is 3. The lowest BCUT2D eigenvalue weighted by molar-refractivity contribution is 0.0490. The number of benzene rings is 1. The minimum Gasteiger partial charge on any atom is -0.444 e. The van der Waals surface area contributed by atoms with Crippen molar-refractivity contribution in [3.8, 4) is 0 Å². The summed E-state index contributed by atoms with van der Waals surface area (Å²) in [5.74, 6) is -1.59. The highest BCUT2D eigenvalue weighted by atomic mass is 19.1. The summed E-state index contributed by atoms with van der Waals surface area (Å²) >= 11 is 0. The molecule has 106 valence electrons. The summed E-state index contributed by atoms with van der Waals surface area (Å²) in [6.45, 7) is 4.87. The van der Waals surface area contributed by atoms with Gasteiger partial charge in [-0.3, -0.25) is 0 Å². The maximum Gasteiger partial charge on any atom is 0.407 e. The van der Waals surface area contributed by atoms with Crippen LogP contribution in [0.3, 0.4) is 0 Å². The molecule has 0 aliphatic heterocycles. The minimum absolute atomic E-state index is 0.0857. The number of nitrogens with one attached hydrogen (secondary N) is 1. The Balaban J connectivity index is 2.56. The molecule has 1 aromatic rings. The first kappa shape index (κ1) is 15.4. The quantitative estimate of drug-likeness (QED) is 0.889. The van der Waals surface area contributed by atoms with Gasteiger partial charge in [-0.15, -0.1) is 0 Å². The van der Waals surface area contributed by atoms with Gasteiger partial charge in [-0.05, 0) is 26.8 Å². The summed E-state index contributed by atoms with van der Waals surface area (Å²) in [7, 11) is 0. The van der Waals surface area contributed by atoms with Gasteiger partial charge >= 0.3 is 6.09 Å². The molecule has 0 aliphatic carbocycles. The van der Waals surface area contributed by atoms with Crippen molar-refractivity contribution < 1.29 is 23.4 Å². The monoisotopic (exact) mass is 273 g/mol. The average Bonchev–Trinajstić information content (AvgIpc) is 2.23. The van der Waals surface area contributed by atoms with E-state index in [1.807, 2.05) is 0 Å². The van der Waals surface area contributed by atoms with Crippen molar-refractivity contribution >= 4 is 6.09 Å². The van der Waals surface area contributed by atoms with Crippen molar-refractivity contribution in [1.29, 1.82) is 0 Å². The summed E-state index contributed by atoms with van der Waals surface area (Å²) in [6.07, 6.45) is -1.98. The summed E-state index contributed by atoms with van der Waals surface area (Å²) in [6, 6.07) is 2.84. The Labute approximate surface area is 110 Å². The van der Waals surface area contributed by atoms with E-state index in [4.69, 9.17) is 4.74 Å². The Morgan fingerprint density at radius 3 is 2.58 bits per heavy atom. The first-order chi connectivity index (χ1) is 8.69. The number of aliphatic hydroxyl groups is 1. The van der Waals surface area contributed by atoms with Crippen LogP contribution in [0.15, 0.2) is 18.2 Å². The van der Waals surface area contributed by atoms with Crippen LogP contribution in [0.2, 0.25) is 0 Å². The lowest BCUT2D eigenvalue weighted by atomic mass is 10.1. The zero-order chi connectivity index (χ0) is 14.6. The second kappa shape index (κ2) is 5.97. The Bertz CT molecular complexity index is 458. The van der Waals surface area contributed by atoms with Crippen molar-refractivity contribution in [2.75, 3.05) is 6.54 Å². The van der Waals surface area contributed by atoms with Crippen LogP contribution >= 0.6 is 0 Å². The maximum absolute atomic E-state index is 13.4. The van der Waals surface area contributed by atoms with Gasteiger partial charge in [-0.1, -0.05) is 6.07 Å². The number of ether oxygens (including phenoxy) is 1. The van der Waals surface area contributed by atoms with Gasteiger partial charge in [0.1, 0.15) is 17.2 Å². The summed E-state index contributed by atoms with van der Waals surface area (Å²) in [5, 5.41) is 12.0. The van der Waals surface area contributed by atoms with E-state index in [-0.39, 0.29) is 12.1 Å². The van der Waals surface area contributed by atoms with Gasteiger partial charge in [-0.2, -0.15) is 0 Å². The SMILES string of the molecule is CC(C)(C)OC(=O)NC[C@@H](O)c1ccc(F)cc1F. The molecule has 0 radical (unpaired) electrons. The number of hydrogen-bond acceptors (Lipinski definition) is 3. The highest BCUT2D eigenvalue weighted by Crippen LogP contribution is 2.17. The molecule has 4 nitrogen and oxygen atoms in total. The van der Waals surface area contributed by atoms with Gasteiger partial charge in [0.15, 0.2) is 0 Å². The number of carbonyl (C=O) groups excluding carboxylic acids is 1. The lowest BCUT2D eigenvalue weighted by Gasteiger charge is -2.20. The molecule has 6 heteroatoms. The summed E-state index contributed by atoms with van der Waals surface area (Å²) < 4.78 is 31.0. The molecule has 0 saturated heterocycles. The third-order valence-corrected chi connectivity index (χ3v) is 2.16. The molecule has 0 aliphatic rings. The van der Waals surface area contributed by atoms with Crippen LogP contribution in [0.4, 0.5) is 13.6 Å². The Morgan fingerprint density at radius 1 is 1.42 bits per heavy atom. The van der Waals surface area contributed by atoms with E-state index in [1.165, 1.54) is 0 Å². The topological polar surface area (TPSA) is 58.6 Å². The molecule has 19 heavy (non-hydrogen) atoms. The molecular formula is C13H17F2NO3. The molecule has 0 bridgehead atoms. The maximum atomic E-state index is 13.4. The van der Waals surface area contributed by atoms with Crippen LogP contribution in [0.25, 0.3) is 0 Å². The Morgan fingerprint density at radius 2 is 2.05 bits per heavy atom. The number of alkyl carbamates (subject to hydrolysis) is 1. The number of amides is 1. The normalized spacial score (nSPS) is 12.9. The average molecular weight is 273 g/mol. The standard InChI is InChI=1S/C13H17F2NO3/c1-13(2,3)19-12(18)16-7-11(17)9-5-4-8(14)6-10(9)15/h4-6,11,17H,7H2,1-3H3,(H,16,18)/t11-/m1/s1. The molecule has 0 fully saturated rings. The molecule has 0 heterocycles. The molecule has 1 rings (SSSR count). The Hall–Kier alpha value is -1.69. The van der Waals surface area contributed by atoms with Gasteiger partial charge in [0.2, 0.25) is 0 Å². The van der Waals surface area contributed by atoms with E-state index in [1.54, 1.807) is 20.8 Å². The zero-order valence-corrected chi connectivity index (χ0v) is 11.0. The van der Waals surface area contributed by atoms with Crippen LogP contribution in [-0.2, 0) is 4.74 Å². The van der Waals surface area contributed by atoms with Crippen molar-refractivity contribution in [1.82, 2.24) is 5.32 Å². The molecule has 1 atom stereocenters. The molecule has 0 spiro atoms. The highest BCUT2D eigenvalue weighted by molar-refractivity contribution is 5.67. The second-order valence-electron chi connectivity index (χ2n) is 5.06. The van der Waals surface area contributed by atoms with E-state index in [0.29, 0.717) is 6.07 Å².